The average Bonchev–Trinajstić information content (AvgIpc) is 2.96. The largest absolute Gasteiger partial charge is 0.350 e. The second-order valence-corrected chi connectivity index (χ2v) is 5.39. The molecule has 1 aromatic rings. The third-order valence-corrected chi connectivity index (χ3v) is 3.18. The van der Waals surface area contributed by atoms with Crippen molar-refractivity contribution >= 4 is 11.8 Å². The van der Waals surface area contributed by atoms with Crippen LogP contribution in [0.15, 0.2) is 12.5 Å². The van der Waals surface area contributed by atoms with Crippen molar-refractivity contribution in [3.8, 4) is 0 Å². The van der Waals surface area contributed by atoms with Gasteiger partial charge in [0, 0.05) is 25.7 Å². The van der Waals surface area contributed by atoms with Crippen molar-refractivity contribution in [3.05, 3.63) is 18.2 Å². The first-order valence-corrected chi connectivity index (χ1v) is 6.59. The van der Waals surface area contributed by atoms with Crippen molar-refractivity contribution in [1.82, 2.24) is 20.2 Å². The molecule has 1 unspecified atom stereocenters. The van der Waals surface area contributed by atoms with Crippen LogP contribution in [-0.4, -0.2) is 39.8 Å². The molecule has 6 heteroatoms. The van der Waals surface area contributed by atoms with Gasteiger partial charge in [-0.25, -0.2) is 4.98 Å². The highest BCUT2D eigenvalue weighted by Crippen LogP contribution is 2.19. The van der Waals surface area contributed by atoms with Gasteiger partial charge in [-0.1, -0.05) is 13.8 Å². The van der Waals surface area contributed by atoms with Crippen LogP contribution in [0.25, 0.3) is 0 Å². The number of carbonyl (C=O) groups is 2. The number of imidazole rings is 1. The molecule has 0 aliphatic carbocycles. The number of H-pyrrole nitrogens is 1. The van der Waals surface area contributed by atoms with E-state index in [0.29, 0.717) is 25.4 Å². The highest BCUT2D eigenvalue weighted by molar-refractivity contribution is 5.89. The summed E-state index contributed by atoms with van der Waals surface area (Å²) < 4.78 is 0. The number of hydrogen-bond acceptors (Lipinski definition) is 3. The van der Waals surface area contributed by atoms with Gasteiger partial charge in [0.15, 0.2) is 0 Å². The van der Waals surface area contributed by atoms with Crippen LogP contribution >= 0.6 is 0 Å². The summed E-state index contributed by atoms with van der Waals surface area (Å²) in [5.74, 6) is 0.217. The lowest BCUT2D eigenvalue weighted by atomic mass is 10.1. The molecule has 2 rings (SSSR count). The Balaban J connectivity index is 1.82. The summed E-state index contributed by atoms with van der Waals surface area (Å²) in [4.78, 5) is 32.4. The summed E-state index contributed by atoms with van der Waals surface area (Å²) in [5, 5.41) is 2.83. The van der Waals surface area contributed by atoms with Crippen molar-refractivity contribution in [2.75, 3.05) is 13.1 Å². The van der Waals surface area contributed by atoms with Gasteiger partial charge < -0.3 is 15.2 Å². The van der Waals surface area contributed by atoms with Gasteiger partial charge in [-0.3, -0.25) is 9.59 Å². The van der Waals surface area contributed by atoms with Gasteiger partial charge in [0.2, 0.25) is 11.8 Å². The predicted molar refractivity (Wildman–Crippen MR) is 70.0 cm³/mol. The van der Waals surface area contributed by atoms with Crippen molar-refractivity contribution in [3.63, 3.8) is 0 Å². The van der Waals surface area contributed by atoms with E-state index in [-0.39, 0.29) is 17.7 Å². The molecule has 19 heavy (non-hydrogen) atoms. The van der Waals surface area contributed by atoms with Gasteiger partial charge in [0.25, 0.3) is 0 Å². The van der Waals surface area contributed by atoms with Crippen molar-refractivity contribution < 1.29 is 9.59 Å². The Morgan fingerprint density at radius 3 is 3.05 bits per heavy atom. The van der Waals surface area contributed by atoms with Crippen LogP contribution in [0.5, 0.6) is 0 Å². The fraction of sp³-hybridized carbons (Fsp3) is 0.615. The maximum atomic E-state index is 12.0. The van der Waals surface area contributed by atoms with Crippen LogP contribution in [0.1, 0.15) is 26.0 Å². The van der Waals surface area contributed by atoms with Crippen LogP contribution < -0.4 is 5.32 Å². The maximum Gasteiger partial charge on any atom is 0.225 e. The standard InChI is InChI=1S/C13H20N4O2/c1-9(2)6-17-7-10(3-12(17)18)13(19)15-5-11-4-14-8-16-11/h4,8-10H,3,5-7H2,1-2H3,(H,14,16)(H,15,19). The minimum Gasteiger partial charge on any atom is -0.350 e. The molecule has 1 saturated heterocycles. The third-order valence-electron chi connectivity index (χ3n) is 3.18. The minimum atomic E-state index is -0.228. The van der Waals surface area contributed by atoms with Gasteiger partial charge >= 0.3 is 0 Å². The summed E-state index contributed by atoms with van der Waals surface area (Å²) >= 11 is 0. The van der Waals surface area contributed by atoms with E-state index in [0.717, 1.165) is 12.2 Å². The van der Waals surface area contributed by atoms with Crippen LogP contribution in [0.2, 0.25) is 0 Å². The first kappa shape index (κ1) is 13.6. The normalized spacial score (nSPS) is 19.2. The Bertz CT molecular complexity index is 442. The topological polar surface area (TPSA) is 78.1 Å². The molecule has 0 bridgehead atoms. The van der Waals surface area contributed by atoms with Gasteiger partial charge in [0.1, 0.15) is 0 Å². The molecule has 0 spiro atoms. The molecule has 0 aromatic carbocycles. The SMILES string of the molecule is CC(C)CN1CC(C(=O)NCc2cnc[nH]2)CC1=O. The Morgan fingerprint density at radius 2 is 2.42 bits per heavy atom. The zero-order valence-corrected chi connectivity index (χ0v) is 11.3. The van der Waals surface area contributed by atoms with Crippen LogP contribution in [-0.2, 0) is 16.1 Å². The minimum absolute atomic E-state index is 0.0609. The number of aromatic nitrogens is 2. The van der Waals surface area contributed by atoms with E-state index < -0.39 is 0 Å². The molecule has 6 nitrogen and oxygen atoms in total. The smallest absolute Gasteiger partial charge is 0.225 e. The third kappa shape index (κ3) is 3.56. The van der Waals surface area contributed by atoms with Crippen molar-refractivity contribution in [1.29, 1.82) is 0 Å². The Kier molecular flexibility index (Phi) is 4.19. The first-order chi connectivity index (χ1) is 9.06. The monoisotopic (exact) mass is 264 g/mol. The summed E-state index contributed by atoms with van der Waals surface area (Å²) in [5.41, 5.74) is 0.858. The number of aromatic amines is 1. The Morgan fingerprint density at radius 1 is 1.63 bits per heavy atom. The van der Waals surface area contributed by atoms with Gasteiger partial charge in [-0.2, -0.15) is 0 Å². The molecule has 0 saturated carbocycles. The Hall–Kier alpha value is -1.85. The van der Waals surface area contributed by atoms with Gasteiger partial charge in [0.05, 0.1) is 24.5 Å². The fourth-order valence-corrected chi connectivity index (χ4v) is 2.27. The van der Waals surface area contributed by atoms with E-state index in [2.05, 4.69) is 29.1 Å². The highest BCUT2D eigenvalue weighted by atomic mass is 16.2. The molecule has 1 atom stereocenters. The van der Waals surface area contributed by atoms with Gasteiger partial charge in [-0.05, 0) is 5.92 Å². The number of likely N-dealkylation sites (tertiary alicyclic amines) is 1. The molecular weight excluding hydrogens is 244 g/mol. The molecule has 2 amide bonds. The number of nitrogens with zero attached hydrogens (tertiary/aromatic N) is 2. The molecule has 1 aromatic heterocycles. The number of amides is 2. The molecule has 0 radical (unpaired) electrons. The number of rotatable bonds is 5. The molecule has 104 valence electrons. The van der Waals surface area contributed by atoms with Crippen LogP contribution in [0.3, 0.4) is 0 Å². The number of nitrogens with one attached hydrogen (secondary N) is 2. The van der Waals surface area contributed by atoms with Crippen molar-refractivity contribution in [2.24, 2.45) is 11.8 Å². The molecule has 1 aliphatic heterocycles. The summed E-state index contributed by atoms with van der Waals surface area (Å²) in [6.07, 6.45) is 3.57. The van der Waals surface area contributed by atoms with E-state index >= 15 is 0 Å². The predicted octanol–water partition coefficient (Wildman–Crippen LogP) is 0.530. The lowest BCUT2D eigenvalue weighted by molar-refractivity contribution is -0.129. The van der Waals surface area contributed by atoms with E-state index in [1.807, 2.05) is 0 Å². The van der Waals surface area contributed by atoms with Crippen LogP contribution in [0, 0.1) is 11.8 Å². The molecule has 1 aliphatic rings. The quantitative estimate of drug-likeness (QED) is 0.814. The van der Waals surface area contributed by atoms with Crippen LogP contribution in [0.4, 0.5) is 0 Å². The van der Waals surface area contributed by atoms with E-state index in [1.54, 1.807) is 17.4 Å². The van der Waals surface area contributed by atoms with E-state index in [9.17, 15) is 9.59 Å². The zero-order valence-electron chi connectivity index (χ0n) is 11.3. The first-order valence-electron chi connectivity index (χ1n) is 6.59. The molecular formula is C13H20N4O2. The second-order valence-electron chi connectivity index (χ2n) is 5.39. The maximum absolute atomic E-state index is 12.0. The number of hydrogen-bond donors (Lipinski definition) is 2. The van der Waals surface area contributed by atoms with Crippen molar-refractivity contribution in [2.45, 2.75) is 26.8 Å². The lowest BCUT2D eigenvalue weighted by Gasteiger charge is -2.18. The Labute approximate surface area is 112 Å². The summed E-state index contributed by atoms with van der Waals surface area (Å²) in [7, 11) is 0. The fourth-order valence-electron chi connectivity index (χ4n) is 2.27. The van der Waals surface area contributed by atoms with E-state index in [1.165, 1.54) is 0 Å². The molecule has 2 heterocycles. The molecule has 2 N–H and O–H groups in total. The molecule has 1 fully saturated rings. The zero-order chi connectivity index (χ0) is 13.8. The highest BCUT2D eigenvalue weighted by Gasteiger charge is 2.34. The van der Waals surface area contributed by atoms with Gasteiger partial charge in [-0.15, -0.1) is 0 Å². The summed E-state index contributed by atoms with van der Waals surface area (Å²) in [6, 6.07) is 0. The second kappa shape index (κ2) is 5.86. The number of carbonyl (C=O) groups excluding carboxylic acids is 2. The average molecular weight is 264 g/mol. The summed E-state index contributed by atoms with van der Waals surface area (Å²) in [6.45, 7) is 5.82. The lowest BCUT2D eigenvalue weighted by Crippen LogP contribution is -2.33. The van der Waals surface area contributed by atoms with E-state index in [4.69, 9.17) is 0 Å².